The molecule has 1 atom stereocenters. The van der Waals surface area contributed by atoms with Crippen LogP contribution in [0.3, 0.4) is 0 Å². The first-order valence-corrected chi connectivity index (χ1v) is 7.17. The van der Waals surface area contributed by atoms with Crippen LogP contribution in [0, 0.1) is 12.3 Å². The molecule has 3 aromatic rings. The third kappa shape index (κ3) is 2.06. The third-order valence-electron chi connectivity index (χ3n) is 3.95. The molecule has 0 bridgehead atoms. The summed E-state index contributed by atoms with van der Waals surface area (Å²) in [6, 6.07) is 19.3. The van der Waals surface area contributed by atoms with E-state index >= 15 is 0 Å². The highest BCUT2D eigenvalue weighted by atomic mass is 14.1. The summed E-state index contributed by atoms with van der Waals surface area (Å²) in [5, 5.41) is 5.08. The zero-order valence-corrected chi connectivity index (χ0v) is 11.7. The molecule has 1 unspecified atom stereocenters. The van der Waals surface area contributed by atoms with Gasteiger partial charge in [0.2, 0.25) is 0 Å². The molecule has 1 radical (unpaired) electrons. The first-order chi connectivity index (χ1) is 9.85. The van der Waals surface area contributed by atoms with Crippen molar-refractivity contribution in [3.05, 3.63) is 66.6 Å². The quantitative estimate of drug-likeness (QED) is 0.431. The smallest absolute Gasteiger partial charge is 0.0468 e. The highest BCUT2D eigenvalue weighted by molar-refractivity contribution is 6.08. The Morgan fingerprint density at radius 1 is 0.900 bits per heavy atom. The fourth-order valence-electron chi connectivity index (χ4n) is 2.96. The Kier molecular flexibility index (Phi) is 3.44. The van der Waals surface area contributed by atoms with Crippen LogP contribution < -0.4 is 0 Å². The van der Waals surface area contributed by atoms with Gasteiger partial charge in [-0.1, -0.05) is 73.9 Å². The topological polar surface area (TPSA) is 0 Å². The summed E-state index contributed by atoms with van der Waals surface area (Å²) >= 11 is 0. The number of rotatable bonds is 3. The van der Waals surface area contributed by atoms with Crippen molar-refractivity contribution in [2.75, 3.05) is 0 Å². The Morgan fingerprint density at radius 3 is 2.50 bits per heavy atom. The highest BCUT2D eigenvalue weighted by Crippen LogP contribution is 2.32. The second-order valence-corrected chi connectivity index (χ2v) is 5.21. The Balaban J connectivity index is 2.30. The standard InChI is InChI=1S/C20H17/c1-3-8-15(4-2)17-11-7-12-19-18-10-6-5-9-16(18)13-14-20(17)19/h5-7,9-15H,3,8H2,1H3. The lowest BCUT2D eigenvalue weighted by Crippen LogP contribution is -1.96. The first-order valence-electron chi connectivity index (χ1n) is 7.17. The second kappa shape index (κ2) is 5.39. The Hall–Kier alpha value is -2.26. The summed E-state index contributed by atoms with van der Waals surface area (Å²) in [5.41, 5.74) is 1.23. The van der Waals surface area contributed by atoms with Crippen LogP contribution in [0.4, 0.5) is 0 Å². The highest BCUT2D eigenvalue weighted by Gasteiger charge is 2.12. The molecule has 3 rings (SSSR count). The maximum atomic E-state index is 7.59. The predicted molar refractivity (Wildman–Crippen MR) is 86.2 cm³/mol. The van der Waals surface area contributed by atoms with E-state index in [0.717, 1.165) is 12.8 Å². The molecule has 0 amide bonds. The van der Waals surface area contributed by atoms with E-state index in [-0.39, 0.29) is 5.92 Å². The van der Waals surface area contributed by atoms with Crippen LogP contribution >= 0.6 is 0 Å². The minimum absolute atomic E-state index is 0.102. The molecule has 0 heteroatoms. The lowest BCUT2D eigenvalue weighted by Gasteiger charge is -2.14. The SMILES string of the molecule is [C]#CC(CCC)c1cccc2c1ccc1ccccc12. The van der Waals surface area contributed by atoms with Crippen LogP contribution in [0.15, 0.2) is 54.6 Å². The maximum absolute atomic E-state index is 7.59. The van der Waals surface area contributed by atoms with Gasteiger partial charge in [-0.15, -0.1) is 0 Å². The van der Waals surface area contributed by atoms with Gasteiger partial charge in [-0.05, 0) is 40.0 Å². The molecule has 0 saturated heterocycles. The molecule has 0 aromatic heterocycles. The minimum Gasteiger partial charge on any atom is -0.0809 e. The number of hydrogen-bond donors (Lipinski definition) is 0. The van der Waals surface area contributed by atoms with E-state index in [1.807, 2.05) is 0 Å². The fourth-order valence-corrected chi connectivity index (χ4v) is 2.96. The molecule has 0 saturated carbocycles. The van der Waals surface area contributed by atoms with Gasteiger partial charge < -0.3 is 0 Å². The lowest BCUT2D eigenvalue weighted by atomic mass is 9.89. The Bertz CT molecular complexity index is 790. The van der Waals surface area contributed by atoms with E-state index in [1.165, 1.54) is 27.1 Å². The van der Waals surface area contributed by atoms with E-state index in [2.05, 4.69) is 67.4 Å². The van der Waals surface area contributed by atoms with Gasteiger partial charge in [0.25, 0.3) is 0 Å². The Labute approximate surface area is 120 Å². The van der Waals surface area contributed by atoms with Gasteiger partial charge in [0.1, 0.15) is 0 Å². The van der Waals surface area contributed by atoms with Crippen LogP contribution in [0.1, 0.15) is 31.2 Å². The van der Waals surface area contributed by atoms with E-state index in [9.17, 15) is 0 Å². The molecule has 0 aliphatic carbocycles. The molecule has 0 nitrogen and oxygen atoms in total. The van der Waals surface area contributed by atoms with Gasteiger partial charge in [0.05, 0.1) is 0 Å². The molecule has 0 heterocycles. The van der Waals surface area contributed by atoms with Gasteiger partial charge in [0, 0.05) is 5.92 Å². The average Bonchev–Trinajstić information content (AvgIpc) is 2.52. The normalized spacial score (nSPS) is 12.4. The van der Waals surface area contributed by atoms with Crippen molar-refractivity contribution in [2.24, 2.45) is 0 Å². The fraction of sp³-hybridized carbons (Fsp3) is 0.200. The summed E-state index contributed by atoms with van der Waals surface area (Å²) < 4.78 is 0. The van der Waals surface area contributed by atoms with Crippen LogP contribution in [-0.4, -0.2) is 0 Å². The van der Waals surface area contributed by atoms with Gasteiger partial charge >= 0.3 is 0 Å². The number of hydrogen-bond acceptors (Lipinski definition) is 0. The van der Waals surface area contributed by atoms with Gasteiger partial charge in [-0.25, -0.2) is 0 Å². The van der Waals surface area contributed by atoms with Crippen molar-refractivity contribution >= 4 is 21.5 Å². The lowest BCUT2D eigenvalue weighted by molar-refractivity contribution is 0.738. The molecule has 0 N–H and O–H groups in total. The van der Waals surface area contributed by atoms with Crippen molar-refractivity contribution in [1.29, 1.82) is 0 Å². The van der Waals surface area contributed by atoms with Gasteiger partial charge in [0.15, 0.2) is 0 Å². The monoisotopic (exact) mass is 257 g/mol. The van der Waals surface area contributed by atoms with E-state index in [4.69, 9.17) is 6.42 Å². The van der Waals surface area contributed by atoms with Crippen molar-refractivity contribution in [1.82, 2.24) is 0 Å². The first kappa shape index (κ1) is 12.8. The molecule has 0 aliphatic rings. The number of benzene rings is 3. The molecule has 3 aromatic carbocycles. The number of fused-ring (bicyclic) bond motifs is 3. The average molecular weight is 257 g/mol. The van der Waals surface area contributed by atoms with Crippen molar-refractivity contribution in [3.63, 3.8) is 0 Å². The van der Waals surface area contributed by atoms with Crippen LogP contribution in [0.5, 0.6) is 0 Å². The zero-order valence-electron chi connectivity index (χ0n) is 11.7. The van der Waals surface area contributed by atoms with Crippen molar-refractivity contribution < 1.29 is 0 Å². The van der Waals surface area contributed by atoms with Crippen LogP contribution in [-0.2, 0) is 0 Å². The third-order valence-corrected chi connectivity index (χ3v) is 3.95. The molecular weight excluding hydrogens is 240 g/mol. The largest absolute Gasteiger partial charge is 0.0809 e. The molecule has 20 heavy (non-hydrogen) atoms. The van der Waals surface area contributed by atoms with Crippen molar-refractivity contribution in [2.45, 2.75) is 25.7 Å². The molecule has 0 aliphatic heterocycles. The van der Waals surface area contributed by atoms with Gasteiger partial charge in [-0.3, -0.25) is 0 Å². The predicted octanol–water partition coefficient (Wildman–Crippen LogP) is 5.47. The maximum Gasteiger partial charge on any atom is 0.0468 e. The Morgan fingerprint density at radius 2 is 1.70 bits per heavy atom. The molecular formula is C20H17. The zero-order chi connectivity index (χ0) is 13.9. The molecule has 0 fully saturated rings. The van der Waals surface area contributed by atoms with E-state index < -0.39 is 0 Å². The van der Waals surface area contributed by atoms with Gasteiger partial charge in [-0.2, -0.15) is 0 Å². The second-order valence-electron chi connectivity index (χ2n) is 5.21. The van der Waals surface area contributed by atoms with Crippen LogP contribution in [0.25, 0.3) is 21.5 Å². The molecule has 97 valence electrons. The summed E-state index contributed by atoms with van der Waals surface area (Å²) in [5.74, 6) is 2.81. The van der Waals surface area contributed by atoms with E-state index in [1.54, 1.807) is 0 Å². The summed E-state index contributed by atoms with van der Waals surface area (Å²) in [7, 11) is 0. The summed E-state index contributed by atoms with van der Waals surface area (Å²) in [6.07, 6.45) is 9.64. The summed E-state index contributed by atoms with van der Waals surface area (Å²) in [6.45, 7) is 2.16. The van der Waals surface area contributed by atoms with Crippen molar-refractivity contribution in [3.8, 4) is 5.92 Å². The summed E-state index contributed by atoms with van der Waals surface area (Å²) in [4.78, 5) is 0. The minimum atomic E-state index is 0.102. The van der Waals surface area contributed by atoms with E-state index in [0.29, 0.717) is 0 Å². The molecule has 0 spiro atoms. The van der Waals surface area contributed by atoms with Crippen LogP contribution in [0.2, 0.25) is 0 Å².